The summed E-state index contributed by atoms with van der Waals surface area (Å²) in [4.78, 5) is 1.70. The Balaban J connectivity index is 1.86. The summed E-state index contributed by atoms with van der Waals surface area (Å²) in [6.07, 6.45) is 4.53. The molecule has 0 saturated carbocycles. The summed E-state index contributed by atoms with van der Waals surface area (Å²) < 4.78 is 0. The van der Waals surface area contributed by atoms with E-state index in [1.165, 1.54) is 12.8 Å². The summed E-state index contributed by atoms with van der Waals surface area (Å²) in [6, 6.07) is 0. The molecule has 0 spiro atoms. The van der Waals surface area contributed by atoms with Gasteiger partial charge < -0.3 is 5.32 Å². The van der Waals surface area contributed by atoms with Gasteiger partial charge in [-0.15, -0.1) is 10.2 Å². The van der Waals surface area contributed by atoms with Crippen molar-refractivity contribution in [3.05, 3.63) is 5.82 Å². The third-order valence-corrected chi connectivity index (χ3v) is 2.85. The minimum atomic E-state index is 0.741. The van der Waals surface area contributed by atoms with Crippen LogP contribution in [0.5, 0.6) is 0 Å². The van der Waals surface area contributed by atoms with Crippen LogP contribution in [0.2, 0.25) is 0 Å². The number of hydrogen-bond acceptors (Lipinski definition) is 4. The fourth-order valence-corrected chi connectivity index (χ4v) is 2.00. The van der Waals surface area contributed by atoms with Crippen molar-refractivity contribution in [2.75, 3.05) is 13.1 Å². The van der Waals surface area contributed by atoms with E-state index >= 15 is 0 Å². The van der Waals surface area contributed by atoms with Gasteiger partial charge in [0.1, 0.15) is 0 Å². The molecule has 0 radical (unpaired) electrons. The summed E-state index contributed by atoms with van der Waals surface area (Å²) in [7, 11) is 0. The molecule has 84 valence electrons. The number of nitrogens with one attached hydrogen (secondary N) is 1. The fraction of sp³-hybridized carbons (Fsp3) is 0.900. The summed E-state index contributed by atoms with van der Waals surface area (Å²) in [5.74, 6) is 1.65. The second-order valence-corrected chi connectivity index (χ2v) is 4.20. The van der Waals surface area contributed by atoms with Gasteiger partial charge in [-0.05, 0) is 43.5 Å². The lowest BCUT2D eigenvalue weighted by Gasteiger charge is -2.20. The normalized spacial score (nSPS) is 18.2. The van der Waals surface area contributed by atoms with E-state index in [2.05, 4.69) is 27.7 Å². The largest absolute Gasteiger partial charge is 0.317 e. The second-order valence-electron chi connectivity index (χ2n) is 4.20. The first kappa shape index (κ1) is 10.5. The zero-order valence-electron chi connectivity index (χ0n) is 9.32. The molecule has 1 aromatic heterocycles. The van der Waals surface area contributed by atoms with E-state index in [1.807, 2.05) is 0 Å². The van der Waals surface area contributed by atoms with Gasteiger partial charge in [-0.3, -0.25) is 0 Å². The Hall–Kier alpha value is -0.970. The third kappa shape index (κ3) is 2.99. The van der Waals surface area contributed by atoms with E-state index in [4.69, 9.17) is 0 Å². The highest BCUT2D eigenvalue weighted by Crippen LogP contribution is 2.15. The van der Waals surface area contributed by atoms with Crippen LogP contribution in [0.25, 0.3) is 0 Å². The van der Waals surface area contributed by atoms with Crippen molar-refractivity contribution in [3.63, 3.8) is 0 Å². The van der Waals surface area contributed by atoms with Crippen molar-refractivity contribution >= 4 is 0 Å². The van der Waals surface area contributed by atoms with Crippen LogP contribution >= 0.6 is 0 Å². The smallest absolute Gasteiger partial charge is 0.175 e. The van der Waals surface area contributed by atoms with Gasteiger partial charge in [-0.25, -0.2) is 0 Å². The highest BCUT2D eigenvalue weighted by Gasteiger charge is 2.15. The van der Waals surface area contributed by atoms with Crippen molar-refractivity contribution in [1.29, 1.82) is 0 Å². The predicted molar refractivity (Wildman–Crippen MR) is 57.4 cm³/mol. The number of tetrazole rings is 1. The molecule has 1 N–H and O–H groups in total. The molecule has 5 heteroatoms. The Morgan fingerprint density at radius 2 is 2.20 bits per heavy atom. The van der Waals surface area contributed by atoms with Crippen LogP contribution in [0.15, 0.2) is 0 Å². The number of nitrogens with zero attached hydrogens (tertiary/aromatic N) is 4. The van der Waals surface area contributed by atoms with Crippen LogP contribution in [-0.2, 0) is 13.0 Å². The van der Waals surface area contributed by atoms with Crippen molar-refractivity contribution in [2.45, 2.75) is 39.2 Å². The molecule has 5 nitrogen and oxygen atoms in total. The van der Waals surface area contributed by atoms with Crippen molar-refractivity contribution < 1.29 is 0 Å². The highest BCUT2D eigenvalue weighted by molar-refractivity contribution is 4.83. The van der Waals surface area contributed by atoms with Gasteiger partial charge in [-0.2, -0.15) is 4.80 Å². The highest BCUT2D eigenvalue weighted by atomic mass is 15.6. The van der Waals surface area contributed by atoms with Crippen molar-refractivity contribution in [1.82, 2.24) is 25.5 Å². The molecule has 0 atom stereocenters. The molecule has 2 heterocycles. The average molecular weight is 209 g/mol. The van der Waals surface area contributed by atoms with Crippen LogP contribution in [-0.4, -0.2) is 33.3 Å². The minimum absolute atomic E-state index is 0.741. The standard InChI is InChI=1S/C10H19N5/c1-2-7-15-13-10(12-14-15)8-9-3-5-11-6-4-9/h9,11H,2-8H2,1H3. The number of aryl methyl sites for hydroxylation is 1. The summed E-state index contributed by atoms with van der Waals surface area (Å²) >= 11 is 0. The quantitative estimate of drug-likeness (QED) is 0.790. The first-order chi connectivity index (χ1) is 7.38. The SMILES string of the molecule is CCCn1nnc(CC2CCNCC2)n1. The first-order valence-corrected chi connectivity index (χ1v) is 5.86. The molecule has 1 fully saturated rings. The Labute approximate surface area is 90.2 Å². The van der Waals surface area contributed by atoms with Gasteiger partial charge >= 0.3 is 0 Å². The molecule has 1 saturated heterocycles. The molecule has 0 bridgehead atoms. The lowest BCUT2D eigenvalue weighted by atomic mass is 9.94. The zero-order valence-corrected chi connectivity index (χ0v) is 9.32. The molecule has 0 aliphatic carbocycles. The van der Waals surface area contributed by atoms with E-state index in [1.54, 1.807) is 4.80 Å². The Kier molecular flexibility index (Phi) is 3.66. The summed E-state index contributed by atoms with van der Waals surface area (Å²) in [6.45, 7) is 5.26. The molecule has 0 unspecified atom stereocenters. The second kappa shape index (κ2) is 5.21. The molecular weight excluding hydrogens is 190 g/mol. The molecule has 1 aliphatic rings. The monoisotopic (exact) mass is 209 g/mol. The number of piperidine rings is 1. The lowest BCUT2D eigenvalue weighted by molar-refractivity contribution is 0.366. The van der Waals surface area contributed by atoms with Crippen LogP contribution in [0.1, 0.15) is 32.0 Å². The number of rotatable bonds is 4. The van der Waals surface area contributed by atoms with Gasteiger partial charge in [0.15, 0.2) is 5.82 Å². The predicted octanol–water partition coefficient (Wildman–Crippen LogP) is 0.625. The van der Waals surface area contributed by atoms with Gasteiger partial charge in [0.25, 0.3) is 0 Å². The summed E-state index contributed by atoms with van der Waals surface area (Å²) in [5.41, 5.74) is 0. The van der Waals surface area contributed by atoms with Crippen molar-refractivity contribution in [3.8, 4) is 0 Å². The van der Waals surface area contributed by atoms with Crippen molar-refractivity contribution in [2.24, 2.45) is 5.92 Å². The summed E-state index contributed by atoms with van der Waals surface area (Å²) in [5, 5.41) is 15.9. The average Bonchev–Trinajstić information content (AvgIpc) is 2.68. The van der Waals surface area contributed by atoms with Crippen LogP contribution in [0, 0.1) is 5.92 Å². The molecule has 0 amide bonds. The van der Waals surface area contributed by atoms with Gasteiger partial charge in [0, 0.05) is 6.42 Å². The van der Waals surface area contributed by atoms with Gasteiger partial charge in [0.05, 0.1) is 6.54 Å². The number of aromatic nitrogens is 4. The third-order valence-electron chi connectivity index (χ3n) is 2.85. The van der Waals surface area contributed by atoms with E-state index < -0.39 is 0 Å². The topological polar surface area (TPSA) is 55.6 Å². The maximum atomic E-state index is 4.37. The zero-order chi connectivity index (χ0) is 10.5. The molecule has 1 aromatic rings. The molecule has 2 rings (SSSR count). The Morgan fingerprint density at radius 3 is 2.93 bits per heavy atom. The maximum Gasteiger partial charge on any atom is 0.175 e. The van der Waals surface area contributed by atoms with E-state index in [9.17, 15) is 0 Å². The fourth-order valence-electron chi connectivity index (χ4n) is 2.00. The molecule has 15 heavy (non-hydrogen) atoms. The van der Waals surface area contributed by atoms with E-state index in [0.29, 0.717) is 0 Å². The van der Waals surface area contributed by atoms with E-state index in [0.717, 1.165) is 44.2 Å². The van der Waals surface area contributed by atoms with Gasteiger partial charge in [-0.1, -0.05) is 6.92 Å². The Morgan fingerprint density at radius 1 is 1.40 bits per heavy atom. The lowest BCUT2D eigenvalue weighted by Crippen LogP contribution is -2.28. The molecule has 0 aromatic carbocycles. The van der Waals surface area contributed by atoms with Gasteiger partial charge in [0.2, 0.25) is 0 Å². The first-order valence-electron chi connectivity index (χ1n) is 5.86. The van der Waals surface area contributed by atoms with Crippen LogP contribution < -0.4 is 5.32 Å². The Bertz CT molecular complexity index is 290. The number of hydrogen-bond donors (Lipinski definition) is 1. The minimum Gasteiger partial charge on any atom is -0.317 e. The van der Waals surface area contributed by atoms with E-state index in [-0.39, 0.29) is 0 Å². The maximum absolute atomic E-state index is 4.37. The molecular formula is C10H19N5. The van der Waals surface area contributed by atoms with Crippen LogP contribution in [0.4, 0.5) is 0 Å². The molecule has 1 aliphatic heterocycles. The van der Waals surface area contributed by atoms with Crippen LogP contribution in [0.3, 0.4) is 0 Å².